The Bertz CT molecular complexity index is 411. The van der Waals surface area contributed by atoms with Crippen molar-refractivity contribution >= 4 is 15.9 Å². The fourth-order valence-corrected chi connectivity index (χ4v) is 2.91. The van der Waals surface area contributed by atoms with Crippen LogP contribution in [-0.2, 0) is 6.54 Å². The number of likely N-dealkylation sites (N-methyl/N-ethyl adjacent to an activating group) is 2. The maximum absolute atomic E-state index is 13.7. The Morgan fingerprint density at radius 3 is 2.89 bits per heavy atom. The summed E-state index contributed by atoms with van der Waals surface area (Å²) in [6, 6.07) is 5.90. The molecule has 0 aromatic heterocycles. The minimum Gasteiger partial charge on any atom is -0.302 e. The van der Waals surface area contributed by atoms with Crippen LogP contribution in [0.5, 0.6) is 0 Å². The second kappa shape index (κ2) is 6.13. The number of nitrogens with zero attached hydrogens (tertiary/aromatic N) is 2. The highest BCUT2D eigenvalue weighted by Gasteiger charge is 2.22. The van der Waals surface area contributed by atoms with Gasteiger partial charge in [0, 0.05) is 29.2 Å². The molecule has 1 heterocycles. The summed E-state index contributed by atoms with van der Waals surface area (Å²) < 4.78 is 14.5. The van der Waals surface area contributed by atoms with Gasteiger partial charge in [-0.3, -0.25) is 0 Å². The van der Waals surface area contributed by atoms with Gasteiger partial charge in [-0.25, -0.2) is 4.39 Å². The zero-order chi connectivity index (χ0) is 13.1. The molecular weight excluding hydrogens is 295 g/mol. The molecular formula is C14H20BrFN2. The van der Waals surface area contributed by atoms with Crippen molar-refractivity contribution < 1.29 is 4.39 Å². The highest BCUT2D eigenvalue weighted by molar-refractivity contribution is 9.10. The topological polar surface area (TPSA) is 6.48 Å². The molecule has 0 radical (unpaired) electrons. The second-order valence-electron chi connectivity index (χ2n) is 5.21. The summed E-state index contributed by atoms with van der Waals surface area (Å²) in [6.45, 7) is 2.86. The van der Waals surface area contributed by atoms with Gasteiger partial charge in [-0.2, -0.15) is 0 Å². The monoisotopic (exact) mass is 314 g/mol. The van der Waals surface area contributed by atoms with Gasteiger partial charge in [-0.15, -0.1) is 0 Å². The number of hydrogen-bond donors (Lipinski definition) is 0. The van der Waals surface area contributed by atoms with Crippen LogP contribution in [0.3, 0.4) is 0 Å². The van der Waals surface area contributed by atoms with Crippen LogP contribution >= 0.6 is 15.9 Å². The molecule has 0 spiro atoms. The minimum absolute atomic E-state index is 0.129. The number of rotatable bonds is 4. The Morgan fingerprint density at radius 1 is 1.50 bits per heavy atom. The van der Waals surface area contributed by atoms with Gasteiger partial charge in [0.1, 0.15) is 5.82 Å². The Labute approximate surface area is 117 Å². The van der Waals surface area contributed by atoms with E-state index in [9.17, 15) is 4.39 Å². The van der Waals surface area contributed by atoms with Crippen molar-refractivity contribution in [2.45, 2.75) is 25.4 Å². The lowest BCUT2D eigenvalue weighted by molar-refractivity contribution is 0.214. The molecule has 18 heavy (non-hydrogen) atoms. The summed E-state index contributed by atoms with van der Waals surface area (Å²) in [7, 11) is 4.24. The van der Waals surface area contributed by atoms with Crippen LogP contribution in [0.4, 0.5) is 4.39 Å². The van der Waals surface area contributed by atoms with Crippen LogP contribution in [0.15, 0.2) is 22.7 Å². The van der Waals surface area contributed by atoms with E-state index in [1.807, 2.05) is 12.1 Å². The average molecular weight is 315 g/mol. The average Bonchev–Trinajstić information content (AvgIpc) is 2.69. The van der Waals surface area contributed by atoms with Crippen molar-refractivity contribution in [3.8, 4) is 0 Å². The molecule has 2 rings (SSSR count). The van der Waals surface area contributed by atoms with Crippen LogP contribution < -0.4 is 0 Å². The van der Waals surface area contributed by atoms with Crippen LogP contribution in [0.2, 0.25) is 0 Å². The Balaban J connectivity index is 1.92. The van der Waals surface area contributed by atoms with E-state index >= 15 is 0 Å². The summed E-state index contributed by atoms with van der Waals surface area (Å²) in [6.07, 6.45) is 2.53. The molecule has 100 valence electrons. The van der Waals surface area contributed by atoms with E-state index in [1.165, 1.54) is 25.5 Å². The number of benzene rings is 1. The van der Waals surface area contributed by atoms with Gasteiger partial charge in [0.2, 0.25) is 0 Å². The third-order valence-electron chi connectivity index (χ3n) is 3.65. The van der Waals surface area contributed by atoms with Crippen molar-refractivity contribution in [3.05, 3.63) is 34.1 Å². The van der Waals surface area contributed by atoms with Gasteiger partial charge in [-0.05, 0) is 45.6 Å². The summed E-state index contributed by atoms with van der Waals surface area (Å²) >= 11 is 3.28. The standard InChI is InChI=1S/C14H20BrFN2/c1-17(10-13-4-3-7-18(13)2)9-11-5-6-12(15)8-14(11)16/h5-6,8,13H,3-4,7,9-10H2,1-2H3. The van der Waals surface area contributed by atoms with E-state index in [1.54, 1.807) is 0 Å². The van der Waals surface area contributed by atoms with E-state index in [0.29, 0.717) is 12.6 Å². The SMILES string of the molecule is CN(Cc1ccc(Br)cc1F)CC1CCCN1C. The first kappa shape index (κ1) is 14.0. The summed E-state index contributed by atoms with van der Waals surface area (Å²) in [5.41, 5.74) is 0.765. The predicted octanol–water partition coefficient (Wildman–Crippen LogP) is 3.11. The lowest BCUT2D eigenvalue weighted by Crippen LogP contribution is -2.36. The molecule has 1 aliphatic heterocycles. The predicted molar refractivity (Wildman–Crippen MR) is 76.1 cm³/mol. The third-order valence-corrected chi connectivity index (χ3v) is 4.14. The Morgan fingerprint density at radius 2 is 2.28 bits per heavy atom. The number of hydrogen-bond acceptors (Lipinski definition) is 2. The van der Waals surface area contributed by atoms with Crippen molar-refractivity contribution in [2.24, 2.45) is 0 Å². The second-order valence-corrected chi connectivity index (χ2v) is 6.12. The van der Waals surface area contributed by atoms with Crippen molar-refractivity contribution in [1.29, 1.82) is 0 Å². The molecule has 1 unspecified atom stereocenters. The summed E-state index contributed by atoms with van der Waals surface area (Å²) in [5, 5.41) is 0. The van der Waals surface area contributed by atoms with E-state index in [0.717, 1.165) is 16.6 Å². The third kappa shape index (κ3) is 3.53. The number of halogens is 2. The smallest absolute Gasteiger partial charge is 0.128 e. The van der Waals surface area contributed by atoms with Gasteiger partial charge in [0.25, 0.3) is 0 Å². The minimum atomic E-state index is -0.129. The molecule has 0 aliphatic carbocycles. The Hall–Kier alpha value is -0.450. The van der Waals surface area contributed by atoms with Crippen LogP contribution in [0, 0.1) is 5.82 Å². The zero-order valence-electron chi connectivity index (χ0n) is 11.0. The zero-order valence-corrected chi connectivity index (χ0v) is 12.6. The van der Waals surface area contributed by atoms with E-state index in [4.69, 9.17) is 0 Å². The first-order chi connectivity index (χ1) is 8.56. The lowest BCUT2D eigenvalue weighted by Gasteiger charge is -2.25. The molecule has 4 heteroatoms. The summed E-state index contributed by atoms with van der Waals surface area (Å²) in [4.78, 5) is 4.60. The van der Waals surface area contributed by atoms with Gasteiger partial charge in [0.15, 0.2) is 0 Å². The van der Waals surface area contributed by atoms with E-state index < -0.39 is 0 Å². The van der Waals surface area contributed by atoms with Crippen LogP contribution in [-0.4, -0.2) is 43.0 Å². The van der Waals surface area contributed by atoms with Crippen LogP contribution in [0.25, 0.3) is 0 Å². The molecule has 1 saturated heterocycles. The highest BCUT2D eigenvalue weighted by atomic mass is 79.9. The van der Waals surface area contributed by atoms with Gasteiger partial charge >= 0.3 is 0 Å². The highest BCUT2D eigenvalue weighted by Crippen LogP contribution is 2.19. The first-order valence-corrected chi connectivity index (χ1v) is 7.18. The molecule has 0 N–H and O–H groups in total. The fourth-order valence-electron chi connectivity index (χ4n) is 2.57. The maximum Gasteiger partial charge on any atom is 0.128 e. The Kier molecular flexibility index (Phi) is 4.76. The molecule has 1 atom stereocenters. The lowest BCUT2D eigenvalue weighted by atomic mass is 10.1. The summed E-state index contributed by atoms with van der Waals surface area (Å²) in [5.74, 6) is -0.129. The molecule has 1 aromatic rings. The molecule has 1 aromatic carbocycles. The van der Waals surface area contributed by atoms with Gasteiger partial charge < -0.3 is 9.80 Å². The molecule has 0 amide bonds. The molecule has 2 nitrogen and oxygen atoms in total. The number of likely N-dealkylation sites (tertiary alicyclic amines) is 1. The molecule has 1 fully saturated rings. The molecule has 0 bridgehead atoms. The van der Waals surface area contributed by atoms with Crippen molar-refractivity contribution in [2.75, 3.05) is 27.2 Å². The normalized spacial score (nSPS) is 20.8. The maximum atomic E-state index is 13.7. The van der Waals surface area contributed by atoms with Gasteiger partial charge in [-0.1, -0.05) is 22.0 Å². The van der Waals surface area contributed by atoms with Crippen molar-refractivity contribution in [1.82, 2.24) is 9.80 Å². The van der Waals surface area contributed by atoms with E-state index in [-0.39, 0.29) is 5.82 Å². The fraction of sp³-hybridized carbons (Fsp3) is 0.571. The quantitative estimate of drug-likeness (QED) is 0.842. The van der Waals surface area contributed by atoms with Crippen LogP contribution in [0.1, 0.15) is 18.4 Å². The van der Waals surface area contributed by atoms with E-state index in [2.05, 4.69) is 39.8 Å². The molecule has 0 saturated carbocycles. The molecule has 1 aliphatic rings. The first-order valence-electron chi connectivity index (χ1n) is 6.39. The van der Waals surface area contributed by atoms with Gasteiger partial charge in [0.05, 0.1) is 0 Å². The largest absolute Gasteiger partial charge is 0.302 e. The van der Waals surface area contributed by atoms with Crippen molar-refractivity contribution in [3.63, 3.8) is 0 Å².